The zero-order valence-corrected chi connectivity index (χ0v) is 24.3. The number of carbonyl (C=O) groups excluding carboxylic acids is 4. The van der Waals surface area contributed by atoms with Gasteiger partial charge in [-0.1, -0.05) is 61.1 Å². The van der Waals surface area contributed by atoms with Gasteiger partial charge < -0.3 is 9.64 Å². The summed E-state index contributed by atoms with van der Waals surface area (Å²) in [5.41, 5.74) is 1.57. The van der Waals surface area contributed by atoms with E-state index in [0.717, 1.165) is 0 Å². The highest BCUT2D eigenvalue weighted by atomic mass is 79.9. The number of rotatable bonds is 4. The molecule has 0 bridgehead atoms. The molecule has 7 nitrogen and oxygen atoms in total. The van der Waals surface area contributed by atoms with E-state index in [9.17, 15) is 19.2 Å². The van der Waals surface area contributed by atoms with Crippen molar-refractivity contribution in [1.82, 2.24) is 0 Å². The maximum atomic E-state index is 13.1. The number of benzene rings is 2. The molecule has 0 radical (unpaired) electrons. The van der Waals surface area contributed by atoms with Crippen LogP contribution in [-0.2, 0) is 19.2 Å². The molecule has 1 aliphatic carbocycles. The predicted molar refractivity (Wildman–Crippen MR) is 148 cm³/mol. The lowest BCUT2D eigenvalue weighted by atomic mass is 9.81. The third-order valence-corrected chi connectivity index (χ3v) is 10.8. The summed E-state index contributed by atoms with van der Waals surface area (Å²) >= 11 is 19.5. The molecule has 0 spiro atoms. The van der Waals surface area contributed by atoms with Crippen LogP contribution in [0, 0.1) is 24.7 Å². The lowest BCUT2D eigenvalue weighted by Gasteiger charge is -2.29. The van der Waals surface area contributed by atoms with Gasteiger partial charge >= 0.3 is 5.97 Å². The number of carbonyl (C=O) groups is 4. The number of hydrogen-bond donors (Lipinski definition) is 0. The van der Waals surface area contributed by atoms with Crippen LogP contribution in [0.4, 0.5) is 11.4 Å². The maximum absolute atomic E-state index is 13.1. The van der Waals surface area contributed by atoms with E-state index < -0.39 is 11.9 Å². The molecule has 2 aliphatic heterocycles. The third kappa shape index (κ3) is 4.84. The number of ether oxygens (including phenoxy) is 1. The van der Waals surface area contributed by atoms with Gasteiger partial charge in [0, 0.05) is 22.6 Å². The highest BCUT2D eigenvalue weighted by Gasteiger charge is 2.52. The molecule has 2 saturated heterocycles. The van der Waals surface area contributed by atoms with E-state index in [0.29, 0.717) is 34.8 Å². The minimum Gasteiger partial charge on any atom is -0.426 e. The third-order valence-electron chi connectivity index (χ3n) is 7.22. The highest BCUT2D eigenvalue weighted by Crippen LogP contribution is 2.45. The Morgan fingerprint density at radius 2 is 1.62 bits per heavy atom. The quantitative estimate of drug-likeness (QED) is 0.181. The van der Waals surface area contributed by atoms with Gasteiger partial charge in [0.15, 0.2) is 0 Å². The van der Waals surface area contributed by atoms with Crippen LogP contribution in [0.5, 0.6) is 5.75 Å². The molecule has 5 rings (SSSR count). The van der Waals surface area contributed by atoms with Crippen LogP contribution in [0.1, 0.15) is 24.8 Å². The summed E-state index contributed by atoms with van der Waals surface area (Å²) in [6.07, 6.45) is 1.17. The summed E-state index contributed by atoms with van der Waals surface area (Å²) in [4.78, 5) is 54.7. The number of esters is 1. The van der Waals surface area contributed by atoms with Gasteiger partial charge in [-0.25, -0.2) is 4.90 Å². The molecule has 3 amide bonds. The number of halogens is 4. The SMILES string of the molecule is Cc1cc(OC(=O)[C@@H]2CC(=O)N(c3cccc(Cl)c3Cl)C2)ccc1N1C(=O)[C@H]2C[C@@H](Br)[C@@H](Br)C[C@H]2C1=O. The van der Waals surface area contributed by atoms with Crippen molar-refractivity contribution < 1.29 is 23.9 Å². The fourth-order valence-corrected chi connectivity index (χ4v) is 6.91. The first-order valence-electron chi connectivity index (χ1n) is 11.8. The standard InChI is InChI=1S/C26H22Br2Cl2N2O5/c1-12-7-14(5-6-20(12)32-24(34)15-9-17(27)18(28)10-16(15)25(32)35)37-26(36)13-8-22(33)31(11-13)21-4-2-3-19(29)23(21)30/h2-7,13,15-18H,8-11H2,1H3/t13-,15-,16+,17+,18-/m1/s1. The Balaban J connectivity index is 1.29. The van der Waals surface area contributed by atoms with Crippen molar-refractivity contribution in [2.24, 2.45) is 17.8 Å². The fourth-order valence-electron chi connectivity index (χ4n) is 5.27. The van der Waals surface area contributed by atoms with E-state index in [1.165, 1.54) is 9.80 Å². The van der Waals surface area contributed by atoms with Gasteiger partial charge in [0.2, 0.25) is 17.7 Å². The second kappa shape index (κ2) is 10.3. The number of aryl methyl sites for hydroxylation is 1. The van der Waals surface area contributed by atoms with Crippen molar-refractivity contribution in [3.05, 3.63) is 52.0 Å². The topological polar surface area (TPSA) is 84.0 Å². The Morgan fingerprint density at radius 1 is 0.973 bits per heavy atom. The van der Waals surface area contributed by atoms with Crippen molar-refractivity contribution in [3.8, 4) is 5.75 Å². The van der Waals surface area contributed by atoms with Gasteiger partial charge in [0.05, 0.1) is 39.2 Å². The molecule has 0 aromatic heterocycles. The average Bonchev–Trinajstić information content (AvgIpc) is 3.34. The summed E-state index contributed by atoms with van der Waals surface area (Å²) in [5, 5.41) is 0.573. The van der Waals surface area contributed by atoms with Gasteiger partial charge in [0.25, 0.3) is 0 Å². The van der Waals surface area contributed by atoms with Gasteiger partial charge in [-0.15, -0.1) is 0 Å². The van der Waals surface area contributed by atoms with Gasteiger partial charge in [-0.3, -0.25) is 19.2 Å². The minimum atomic E-state index is -0.679. The van der Waals surface area contributed by atoms with Crippen molar-refractivity contribution in [1.29, 1.82) is 0 Å². The summed E-state index contributed by atoms with van der Waals surface area (Å²) in [6, 6.07) is 9.80. The number of fused-ring (bicyclic) bond motifs is 1. The number of anilines is 2. The van der Waals surface area contributed by atoms with E-state index in [4.69, 9.17) is 27.9 Å². The molecule has 37 heavy (non-hydrogen) atoms. The largest absolute Gasteiger partial charge is 0.426 e. The maximum Gasteiger partial charge on any atom is 0.316 e. The van der Waals surface area contributed by atoms with Crippen LogP contribution < -0.4 is 14.5 Å². The smallest absolute Gasteiger partial charge is 0.316 e. The first kappa shape index (κ1) is 26.7. The Kier molecular flexibility index (Phi) is 7.44. The van der Waals surface area contributed by atoms with Crippen LogP contribution in [0.3, 0.4) is 0 Å². The molecule has 5 atom stereocenters. The average molecular weight is 673 g/mol. The van der Waals surface area contributed by atoms with Gasteiger partial charge in [-0.05, 0) is 55.7 Å². The zero-order chi connectivity index (χ0) is 26.6. The minimum absolute atomic E-state index is 0.0125. The van der Waals surface area contributed by atoms with Gasteiger partial charge in [-0.2, -0.15) is 0 Å². The van der Waals surface area contributed by atoms with E-state index >= 15 is 0 Å². The van der Waals surface area contributed by atoms with E-state index in [2.05, 4.69) is 31.9 Å². The fraction of sp³-hybridized carbons (Fsp3) is 0.385. The first-order chi connectivity index (χ1) is 17.6. The highest BCUT2D eigenvalue weighted by molar-refractivity contribution is 9.12. The molecule has 11 heteroatoms. The Hall–Kier alpha value is -1.94. The van der Waals surface area contributed by atoms with Crippen LogP contribution in [0.2, 0.25) is 10.0 Å². The van der Waals surface area contributed by atoms with Gasteiger partial charge in [0.1, 0.15) is 5.75 Å². The lowest BCUT2D eigenvalue weighted by molar-refractivity contribution is -0.139. The van der Waals surface area contributed by atoms with E-state index in [-0.39, 0.29) is 62.9 Å². The van der Waals surface area contributed by atoms with Crippen LogP contribution in [-0.4, -0.2) is 39.9 Å². The van der Waals surface area contributed by atoms with Crippen LogP contribution >= 0.6 is 55.1 Å². The van der Waals surface area contributed by atoms with E-state index in [1.54, 1.807) is 43.3 Å². The Morgan fingerprint density at radius 3 is 2.24 bits per heavy atom. The summed E-state index contributed by atoms with van der Waals surface area (Å²) in [7, 11) is 0. The van der Waals surface area contributed by atoms with Crippen LogP contribution in [0.25, 0.3) is 0 Å². The molecule has 194 valence electrons. The second-order valence-corrected chi connectivity index (χ2v) is 12.7. The lowest BCUT2D eigenvalue weighted by Crippen LogP contribution is -2.34. The molecule has 3 fully saturated rings. The van der Waals surface area contributed by atoms with E-state index in [1.807, 2.05) is 0 Å². The predicted octanol–water partition coefficient (Wildman–Crippen LogP) is 5.69. The van der Waals surface area contributed by atoms with Crippen molar-refractivity contribution >= 4 is 90.1 Å². The molecule has 2 aromatic carbocycles. The Bertz CT molecular complexity index is 1290. The summed E-state index contributed by atoms with van der Waals surface area (Å²) < 4.78 is 5.58. The number of imide groups is 1. The summed E-state index contributed by atoms with van der Waals surface area (Å²) in [6.45, 7) is 1.88. The molecule has 3 aliphatic rings. The van der Waals surface area contributed by atoms with Crippen molar-refractivity contribution in [2.75, 3.05) is 16.3 Å². The van der Waals surface area contributed by atoms with Crippen molar-refractivity contribution in [2.45, 2.75) is 35.8 Å². The molecule has 2 aromatic rings. The normalized spacial score (nSPS) is 27.6. The number of alkyl halides is 2. The number of hydrogen-bond acceptors (Lipinski definition) is 5. The second-order valence-electron chi connectivity index (χ2n) is 9.58. The van der Waals surface area contributed by atoms with Crippen molar-refractivity contribution in [3.63, 3.8) is 0 Å². The first-order valence-corrected chi connectivity index (χ1v) is 14.4. The van der Waals surface area contributed by atoms with Crippen LogP contribution in [0.15, 0.2) is 36.4 Å². The number of nitrogens with zero attached hydrogens (tertiary/aromatic N) is 2. The number of amides is 3. The zero-order valence-electron chi connectivity index (χ0n) is 19.6. The molecule has 2 heterocycles. The summed E-state index contributed by atoms with van der Waals surface area (Å²) in [5.74, 6) is -2.30. The Labute approximate surface area is 240 Å². The monoisotopic (exact) mass is 670 g/mol. The molecule has 1 saturated carbocycles. The molecular formula is C26H22Br2Cl2N2O5. The molecular weight excluding hydrogens is 651 g/mol. The molecule has 0 N–H and O–H groups in total. The molecule has 0 unspecified atom stereocenters.